The van der Waals surface area contributed by atoms with E-state index in [1.165, 1.54) is 29.2 Å². The lowest BCUT2D eigenvalue weighted by atomic mass is 9.95. The molecule has 0 bridgehead atoms. The first-order valence-electron chi connectivity index (χ1n) is 11.5. The minimum Gasteiger partial charge on any atom is -0.507 e. The minimum atomic E-state index is -0.919. The predicted molar refractivity (Wildman–Crippen MR) is 134 cm³/mol. The molecule has 1 aliphatic heterocycles. The van der Waals surface area contributed by atoms with E-state index in [2.05, 4.69) is 0 Å². The number of benzene rings is 3. The molecule has 0 saturated carbocycles. The Morgan fingerprint density at radius 3 is 2.29 bits per heavy atom. The molecule has 4 rings (SSSR count). The fourth-order valence-electron chi connectivity index (χ4n) is 4.30. The van der Waals surface area contributed by atoms with Gasteiger partial charge in [0.15, 0.2) is 0 Å². The zero-order valence-electron chi connectivity index (χ0n) is 20.2. The Labute approximate surface area is 204 Å². The lowest BCUT2D eigenvalue weighted by molar-refractivity contribution is -0.132. The quantitative estimate of drug-likeness (QED) is 0.267. The van der Waals surface area contributed by atoms with Crippen molar-refractivity contribution < 1.29 is 23.8 Å². The molecule has 0 radical (unpaired) electrons. The summed E-state index contributed by atoms with van der Waals surface area (Å²) in [4.78, 5) is 28.0. The summed E-state index contributed by atoms with van der Waals surface area (Å²) in [5.41, 5.74) is 3.20. The number of halogens is 1. The molecule has 0 aromatic heterocycles. The van der Waals surface area contributed by atoms with Crippen LogP contribution in [0.1, 0.15) is 42.1 Å². The number of ketones is 1. The molecule has 5 nitrogen and oxygen atoms in total. The highest BCUT2D eigenvalue weighted by Crippen LogP contribution is 2.42. The van der Waals surface area contributed by atoms with Crippen LogP contribution < -0.4 is 9.64 Å². The first kappa shape index (κ1) is 24.2. The van der Waals surface area contributed by atoms with E-state index < -0.39 is 23.5 Å². The van der Waals surface area contributed by atoms with E-state index in [9.17, 15) is 19.1 Å². The standard InChI is InChI=1S/C29H28FNO4/c1-17(2)16-35-24-7-5-6-21(15-24)27(32)25-26(20-8-10-22(30)11-9-20)31(29(34)28(25)33)23-13-18(3)12-19(4)14-23/h5-15,17,26,32H,16H2,1-4H3/b27-25+. The maximum absolute atomic E-state index is 13.7. The molecule has 1 unspecified atom stereocenters. The second kappa shape index (κ2) is 9.74. The van der Waals surface area contributed by atoms with Crippen molar-refractivity contribution in [1.82, 2.24) is 0 Å². The van der Waals surface area contributed by atoms with E-state index in [0.717, 1.165) is 11.1 Å². The molecule has 35 heavy (non-hydrogen) atoms. The Balaban J connectivity index is 1.88. The number of hydrogen-bond donors (Lipinski definition) is 1. The third-order valence-electron chi connectivity index (χ3n) is 5.81. The highest BCUT2D eigenvalue weighted by Gasteiger charge is 2.47. The van der Waals surface area contributed by atoms with Crippen molar-refractivity contribution in [2.45, 2.75) is 33.7 Å². The number of carbonyl (C=O) groups excluding carboxylic acids is 2. The molecule has 0 aliphatic carbocycles. The minimum absolute atomic E-state index is 0.0539. The summed E-state index contributed by atoms with van der Waals surface area (Å²) in [5, 5.41) is 11.3. The zero-order valence-corrected chi connectivity index (χ0v) is 20.2. The molecule has 0 spiro atoms. The average molecular weight is 474 g/mol. The monoisotopic (exact) mass is 473 g/mol. The average Bonchev–Trinajstić information content (AvgIpc) is 3.08. The molecule has 1 heterocycles. The number of aliphatic hydroxyl groups excluding tert-OH is 1. The van der Waals surface area contributed by atoms with Gasteiger partial charge in [0.05, 0.1) is 18.2 Å². The summed E-state index contributed by atoms with van der Waals surface area (Å²) in [5.74, 6) is -1.44. The topological polar surface area (TPSA) is 66.8 Å². The molecule has 1 N–H and O–H groups in total. The molecular weight excluding hydrogens is 445 g/mol. The first-order valence-corrected chi connectivity index (χ1v) is 11.5. The molecule has 1 amide bonds. The van der Waals surface area contributed by atoms with Crippen LogP contribution in [-0.2, 0) is 9.59 Å². The third kappa shape index (κ3) is 4.97. The van der Waals surface area contributed by atoms with Gasteiger partial charge in [0.1, 0.15) is 17.3 Å². The molecule has 3 aromatic carbocycles. The van der Waals surface area contributed by atoms with Crippen molar-refractivity contribution in [3.05, 3.63) is 100 Å². The Bertz CT molecular complexity index is 1290. The van der Waals surface area contributed by atoms with Crippen molar-refractivity contribution in [1.29, 1.82) is 0 Å². The van der Waals surface area contributed by atoms with Gasteiger partial charge in [-0.15, -0.1) is 0 Å². The van der Waals surface area contributed by atoms with Crippen LogP contribution in [0.2, 0.25) is 0 Å². The van der Waals surface area contributed by atoms with E-state index in [1.54, 1.807) is 24.3 Å². The first-order chi connectivity index (χ1) is 16.7. The maximum Gasteiger partial charge on any atom is 0.300 e. The largest absolute Gasteiger partial charge is 0.507 e. The predicted octanol–water partition coefficient (Wildman–Crippen LogP) is 6.10. The molecule has 3 aromatic rings. The van der Waals surface area contributed by atoms with Gasteiger partial charge in [0, 0.05) is 11.3 Å². The second-order valence-corrected chi connectivity index (χ2v) is 9.30. The van der Waals surface area contributed by atoms with Crippen LogP contribution in [0, 0.1) is 25.6 Å². The van der Waals surface area contributed by atoms with Gasteiger partial charge in [0.25, 0.3) is 11.7 Å². The van der Waals surface area contributed by atoms with Crippen LogP contribution in [0.15, 0.2) is 72.3 Å². The van der Waals surface area contributed by atoms with Crippen LogP contribution in [0.4, 0.5) is 10.1 Å². The number of rotatable bonds is 6. The third-order valence-corrected chi connectivity index (χ3v) is 5.81. The Kier molecular flexibility index (Phi) is 6.74. The van der Waals surface area contributed by atoms with E-state index in [-0.39, 0.29) is 11.3 Å². The van der Waals surface area contributed by atoms with Crippen LogP contribution in [0.5, 0.6) is 5.75 Å². The van der Waals surface area contributed by atoms with Gasteiger partial charge >= 0.3 is 0 Å². The molecule has 1 aliphatic rings. The van der Waals surface area contributed by atoms with Crippen molar-refractivity contribution in [3.8, 4) is 5.75 Å². The highest BCUT2D eigenvalue weighted by atomic mass is 19.1. The smallest absolute Gasteiger partial charge is 0.300 e. The summed E-state index contributed by atoms with van der Waals surface area (Å²) in [6, 6.07) is 17.1. The molecule has 6 heteroatoms. The normalized spacial score (nSPS) is 17.3. The molecular formula is C29H28FNO4. The van der Waals surface area contributed by atoms with Crippen LogP contribution in [-0.4, -0.2) is 23.4 Å². The van der Waals surface area contributed by atoms with Gasteiger partial charge in [-0.05, 0) is 72.9 Å². The summed E-state index contributed by atoms with van der Waals surface area (Å²) >= 11 is 0. The van der Waals surface area contributed by atoms with Gasteiger partial charge in [-0.3, -0.25) is 14.5 Å². The maximum atomic E-state index is 13.7. The number of nitrogens with zero attached hydrogens (tertiary/aromatic N) is 1. The van der Waals surface area contributed by atoms with Gasteiger partial charge in [-0.25, -0.2) is 4.39 Å². The number of ether oxygens (including phenoxy) is 1. The van der Waals surface area contributed by atoms with Gasteiger partial charge in [0.2, 0.25) is 0 Å². The van der Waals surface area contributed by atoms with E-state index in [0.29, 0.717) is 35.1 Å². The fraction of sp³-hybridized carbons (Fsp3) is 0.241. The number of hydrogen-bond acceptors (Lipinski definition) is 4. The van der Waals surface area contributed by atoms with Crippen molar-refractivity contribution >= 4 is 23.1 Å². The number of Topliss-reactive ketones (excluding diaryl/α,β-unsaturated/α-hetero) is 1. The lowest BCUT2D eigenvalue weighted by Crippen LogP contribution is -2.29. The van der Waals surface area contributed by atoms with E-state index in [4.69, 9.17) is 4.74 Å². The number of amides is 1. The van der Waals surface area contributed by atoms with E-state index >= 15 is 0 Å². The highest BCUT2D eigenvalue weighted by molar-refractivity contribution is 6.51. The molecule has 1 atom stereocenters. The van der Waals surface area contributed by atoms with Crippen molar-refractivity contribution in [3.63, 3.8) is 0 Å². The second-order valence-electron chi connectivity index (χ2n) is 9.30. The van der Waals surface area contributed by atoms with Crippen molar-refractivity contribution in [2.24, 2.45) is 5.92 Å². The van der Waals surface area contributed by atoms with E-state index in [1.807, 2.05) is 45.9 Å². The lowest BCUT2D eigenvalue weighted by Gasteiger charge is -2.26. The summed E-state index contributed by atoms with van der Waals surface area (Å²) in [6.07, 6.45) is 0. The van der Waals surface area contributed by atoms with Crippen LogP contribution in [0.3, 0.4) is 0 Å². The van der Waals surface area contributed by atoms with Crippen LogP contribution in [0.25, 0.3) is 5.76 Å². The van der Waals surface area contributed by atoms with Crippen molar-refractivity contribution in [2.75, 3.05) is 11.5 Å². The summed E-state index contributed by atoms with van der Waals surface area (Å²) < 4.78 is 19.5. The molecule has 1 fully saturated rings. The molecule has 1 saturated heterocycles. The molecule has 180 valence electrons. The summed E-state index contributed by atoms with van der Waals surface area (Å²) in [6.45, 7) is 8.37. The number of aryl methyl sites for hydroxylation is 2. The Hall–Kier alpha value is -3.93. The number of carbonyl (C=O) groups is 2. The van der Waals surface area contributed by atoms with Gasteiger partial charge in [-0.1, -0.05) is 44.2 Å². The van der Waals surface area contributed by atoms with Gasteiger partial charge < -0.3 is 9.84 Å². The number of aliphatic hydroxyl groups is 1. The SMILES string of the molecule is Cc1cc(C)cc(N2C(=O)C(=O)/C(=C(/O)c3cccc(OCC(C)C)c3)C2c2ccc(F)cc2)c1. The fourth-order valence-corrected chi connectivity index (χ4v) is 4.30. The van der Waals surface area contributed by atoms with Crippen LogP contribution >= 0.6 is 0 Å². The Morgan fingerprint density at radius 1 is 1.00 bits per heavy atom. The zero-order chi connectivity index (χ0) is 25.3. The Morgan fingerprint density at radius 2 is 1.66 bits per heavy atom. The summed E-state index contributed by atoms with van der Waals surface area (Å²) in [7, 11) is 0. The van der Waals surface area contributed by atoms with Gasteiger partial charge in [-0.2, -0.15) is 0 Å². The number of anilines is 1.